The Bertz CT molecular complexity index is 1180. The Kier molecular flexibility index (Phi) is 14.6. The van der Waals surface area contributed by atoms with Crippen LogP contribution in [0, 0.1) is 0 Å². The number of amides is 1. The average molecular weight is 580 g/mol. The largest absolute Gasteiger partial charge is 0.493 e. The van der Waals surface area contributed by atoms with Crippen LogP contribution < -0.4 is 14.0 Å². The first-order chi connectivity index (χ1) is 20.0. The van der Waals surface area contributed by atoms with Crippen molar-refractivity contribution >= 4 is 17.5 Å². The maximum Gasteiger partial charge on any atom is 0.255 e. The molecule has 0 atom stereocenters. The lowest BCUT2D eigenvalue weighted by atomic mass is 10.1. The molecule has 0 fully saturated rings. The topological polar surface area (TPSA) is 42.7 Å². The first kappa shape index (κ1) is 32.5. The highest BCUT2D eigenvalue weighted by molar-refractivity contribution is 6.33. The number of halogens is 1. The molecule has 0 saturated carbocycles. The van der Waals surface area contributed by atoms with E-state index in [4.69, 9.17) is 21.1 Å². The first-order valence-electron chi connectivity index (χ1n) is 15.4. The number of carbonyl (C=O) groups is 1. The van der Waals surface area contributed by atoms with E-state index in [0.29, 0.717) is 36.0 Å². The Morgan fingerprint density at radius 1 is 0.780 bits per heavy atom. The van der Waals surface area contributed by atoms with Crippen LogP contribution in [0.1, 0.15) is 99.5 Å². The molecule has 1 heterocycles. The second-order valence-electron chi connectivity index (χ2n) is 10.7. The van der Waals surface area contributed by atoms with E-state index in [1.165, 1.54) is 57.8 Å². The van der Waals surface area contributed by atoms with Gasteiger partial charge in [-0.05, 0) is 48.7 Å². The zero-order valence-electron chi connectivity index (χ0n) is 25.2. The number of ether oxygens (including phenoxy) is 2. The third kappa shape index (κ3) is 11.0. The van der Waals surface area contributed by atoms with Crippen LogP contribution in [-0.4, -0.2) is 24.5 Å². The van der Waals surface area contributed by atoms with E-state index in [1.54, 1.807) is 19.2 Å². The quantitative estimate of drug-likeness (QED) is 0.105. The van der Waals surface area contributed by atoms with Gasteiger partial charge in [0, 0.05) is 25.2 Å². The van der Waals surface area contributed by atoms with Gasteiger partial charge >= 0.3 is 0 Å². The van der Waals surface area contributed by atoms with Crippen LogP contribution in [0.2, 0.25) is 5.02 Å². The number of nitrogens with zero attached hydrogens (tertiary/aromatic N) is 2. The first-order valence-corrected chi connectivity index (χ1v) is 15.7. The van der Waals surface area contributed by atoms with Gasteiger partial charge in [0.25, 0.3) is 5.91 Å². The van der Waals surface area contributed by atoms with E-state index < -0.39 is 0 Å². The van der Waals surface area contributed by atoms with Crippen molar-refractivity contribution in [3.05, 3.63) is 88.7 Å². The summed E-state index contributed by atoms with van der Waals surface area (Å²) in [6.45, 7) is 6.82. The van der Waals surface area contributed by atoms with Crippen molar-refractivity contribution < 1.29 is 18.8 Å². The number of unbranched alkanes of at least 4 members (excludes halogenated alkanes) is 9. The van der Waals surface area contributed by atoms with Gasteiger partial charge in [0.1, 0.15) is 6.54 Å². The van der Waals surface area contributed by atoms with Crippen molar-refractivity contribution in [3.63, 3.8) is 0 Å². The van der Waals surface area contributed by atoms with Crippen molar-refractivity contribution in [2.75, 3.05) is 13.7 Å². The number of benzene rings is 2. The number of aryl methyl sites for hydroxylation is 1. The monoisotopic (exact) mass is 579 g/mol. The summed E-state index contributed by atoms with van der Waals surface area (Å²) in [6.07, 6.45) is 17.0. The van der Waals surface area contributed by atoms with Crippen LogP contribution in [0.5, 0.6) is 11.5 Å². The zero-order chi connectivity index (χ0) is 29.3. The highest BCUT2D eigenvalue weighted by Crippen LogP contribution is 2.30. The summed E-state index contributed by atoms with van der Waals surface area (Å²) in [7, 11) is 1.66. The summed E-state index contributed by atoms with van der Waals surface area (Å²) in [5, 5.41) is 0.452. The number of pyridine rings is 1. The highest BCUT2D eigenvalue weighted by Gasteiger charge is 2.20. The predicted molar refractivity (Wildman–Crippen MR) is 168 cm³/mol. The van der Waals surface area contributed by atoms with Crippen molar-refractivity contribution in [2.45, 2.75) is 97.7 Å². The number of hydrogen-bond acceptors (Lipinski definition) is 3. The summed E-state index contributed by atoms with van der Waals surface area (Å²) in [5.41, 5.74) is 2.52. The van der Waals surface area contributed by atoms with E-state index in [-0.39, 0.29) is 5.91 Å². The summed E-state index contributed by atoms with van der Waals surface area (Å²) in [5.74, 6) is 1.31. The van der Waals surface area contributed by atoms with Gasteiger partial charge in [-0.25, -0.2) is 4.57 Å². The van der Waals surface area contributed by atoms with Crippen LogP contribution in [0.15, 0.2) is 67.0 Å². The summed E-state index contributed by atoms with van der Waals surface area (Å²) in [6, 6.07) is 17.3. The van der Waals surface area contributed by atoms with E-state index in [1.807, 2.05) is 47.6 Å². The third-order valence-corrected chi connectivity index (χ3v) is 7.78. The van der Waals surface area contributed by atoms with Crippen molar-refractivity contribution in [1.82, 2.24) is 4.90 Å². The van der Waals surface area contributed by atoms with E-state index in [0.717, 1.165) is 29.8 Å². The Morgan fingerprint density at radius 3 is 2.05 bits per heavy atom. The Labute approximate surface area is 252 Å². The van der Waals surface area contributed by atoms with Gasteiger partial charge in [0.15, 0.2) is 23.9 Å². The number of methoxy groups -OCH3 is 1. The predicted octanol–water partition coefficient (Wildman–Crippen LogP) is 8.80. The molecule has 3 rings (SSSR count). The molecule has 0 unspecified atom stereocenters. The Morgan fingerprint density at radius 2 is 1.41 bits per heavy atom. The molecule has 6 heteroatoms. The molecule has 0 saturated heterocycles. The number of aromatic nitrogens is 1. The van der Waals surface area contributed by atoms with Gasteiger partial charge in [0.05, 0.1) is 24.3 Å². The minimum atomic E-state index is -0.108. The standard InChI is InChI=1S/C35H48ClN2O3/c1-4-6-7-8-9-10-11-12-13-16-25-41-33-20-19-30(26-34(33)40-3)28-38(27-29-21-23-37(5-2)24-22-29)35(39)31-17-14-15-18-32(31)36/h14-15,17-24,26H,4-13,16,25,27-28H2,1-3H3/q+1. The van der Waals surface area contributed by atoms with Crippen LogP contribution in [0.3, 0.4) is 0 Å². The van der Waals surface area contributed by atoms with Crippen LogP contribution >= 0.6 is 11.6 Å². The Hall–Kier alpha value is -3.05. The SMILES string of the molecule is CCCCCCCCCCCCOc1ccc(CN(Cc2cc[n+](CC)cc2)C(=O)c2ccccc2Cl)cc1OC. The lowest BCUT2D eigenvalue weighted by Crippen LogP contribution is -2.33. The molecule has 5 nitrogen and oxygen atoms in total. The maximum absolute atomic E-state index is 13.6. The van der Waals surface area contributed by atoms with Gasteiger partial charge in [-0.1, -0.05) is 94.5 Å². The van der Waals surface area contributed by atoms with Crippen molar-refractivity contribution in [2.24, 2.45) is 0 Å². The third-order valence-electron chi connectivity index (χ3n) is 7.45. The smallest absolute Gasteiger partial charge is 0.255 e. The van der Waals surface area contributed by atoms with Crippen molar-refractivity contribution in [1.29, 1.82) is 0 Å². The summed E-state index contributed by atoms with van der Waals surface area (Å²) in [4.78, 5) is 15.5. The molecule has 0 bridgehead atoms. The number of carbonyl (C=O) groups excluding carboxylic acids is 1. The maximum atomic E-state index is 13.6. The highest BCUT2D eigenvalue weighted by atomic mass is 35.5. The zero-order valence-corrected chi connectivity index (χ0v) is 26.0. The second-order valence-corrected chi connectivity index (χ2v) is 11.1. The molecule has 2 aromatic carbocycles. The lowest BCUT2D eigenvalue weighted by molar-refractivity contribution is -0.693. The summed E-state index contributed by atoms with van der Waals surface area (Å²) < 4.78 is 13.9. The van der Waals surface area contributed by atoms with Gasteiger partial charge in [-0.2, -0.15) is 0 Å². The molecule has 0 radical (unpaired) electrons. The van der Waals surface area contributed by atoms with E-state index in [2.05, 4.69) is 30.5 Å². The minimum Gasteiger partial charge on any atom is -0.493 e. The van der Waals surface area contributed by atoms with Crippen LogP contribution in [-0.2, 0) is 19.6 Å². The normalized spacial score (nSPS) is 10.9. The fourth-order valence-electron chi connectivity index (χ4n) is 4.95. The van der Waals surface area contributed by atoms with Crippen LogP contribution in [0.4, 0.5) is 0 Å². The van der Waals surface area contributed by atoms with Gasteiger partial charge in [-0.15, -0.1) is 0 Å². The molecule has 0 spiro atoms. The molecule has 222 valence electrons. The van der Waals surface area contributed by atoms with Crippen molar-refractivity contribution in [3.8, 4) is 11.5 Å². The Balaban J connectivity index is 1.58. The second kappa shape index (κ2) is 18.4. The molecule has 0 aliphatic carbocycles. The molecule has 0 N–H and O–H groups in total. The molecule has 3 aromatic rings. The van der Waals surface area contributed by atoms with Gasteiger partial charge in [0.2, 0.25) is 0 Å². The molecule has 0 aliphatic heterocycles. The lowest BCUT2D eigenvalue weighted by Gasteiger charge is -2.24. The number of hydrogen-bond donors (Lipinski definition) is 0. The molecule has 1 aromatic heterocycles. The fourth-order valence-corrected chi connectivity index (χ4v) is 5.17. The molecule has 0 aliphatic rings. The molecular formula is C35H48ClN2O3+. The molecule has 1 amide bonds. The average Bonchev–Trinajstić information content (AvgIpc) is 3.00. The van der Waals surface area contributed by atoms with Gasteiger partial charge < -0.3 is 14.4 Å². The van der Waals surface area contributed by atoms with E-state index >= 15 is 0 Å². The minimum absolute atomic E-state index is 0.108. The fraction of sp³-hybridized carbons (Fsp3) is 0.486. The molecular weight excluding hydrogens is 532 g/mol. The van der Waals surface area contributed by atoms with Gasteiger partial charge in [-0.3, -0.25) is 4.79 Å². The molecule has 41 heavy (non-hydrogen) atoms. The summed E-state index contributed by atoms with van der Waals surface area (Å²) >= 11 is 6.41. The van der Waals surface area contributed by atoms with Crippen LogP contribution in [0.25, 0.3) is 0 Å². The van der Waals surface area contributed by atoms with E-state index in [9.17, 15) is 4.79 Å². The number of rotatable bonds is 19.